The Morgan fingerprint density at radius 2 is 1.74 bits per heavy atom. The second kappa shape index (κ2) is 6.15. The van der Waals surface area contributed by atoms with E-state index in [0.717, 1.165) is 30.9 Å². The van der Waals surface area contributed by atoms with Crippen LogP contribution >= 0.6 is 0 Å². The molecule has 0 unspecified atom stereocenters. The molecule has 2 rings (SSSR count). The summed E-state index contributed by atoms with van der Waals surface area (Å²) in [6, 6.07) is 7.15. The van der Waals surface area contributed by atoms with E-state index in [4.69, 9.17) is 9.84 Å². The van der Waals surface area contributed by atoms with Crippen molar-refractivity contribution in [1.82, 2.24) is 0 Å². The Balaban J connectivity index is 2.05. The molecule has 1 saturated heterocycles. The van der Waals surface area contributed by atoms with Crippen molar-refractivity contribution in [2.75, 3.05) is 31.2 Å². The normalized spacial score (nSPS) is 15.7. The Kier molecular flexibility index (Phi) is 4.30. The third-order valence-electron chi connectivity index (χ3n) is 2.91. The summed E-state index contributed by atoms with van der Waals surface area (Å²) in [6.45, 7) is 3.10. The number of carbonyl (C=O) groups excluding carboxylic acids is 1. The second-order valence-corrected chi connectivity index (χ2v) is 4.18. The summed E-state index contributed by atoms with van der Waals surface area (Å²) < 4.78 is 5.28. The van der Waals surface area contributed by atoms with Gasteiger partial charge in [0.25, 0.3) is 0 Å². The first-order chi connectivity index (χ1) is 9.16. The van der Waals surface area contributed by atoms with Crippen molar-refractivity contribution in [3.63, 3.8) is 0 Å². The molecule has 1 N–H and O–H groups in total. The van der Waals surface area contributed by atoms with Crippen molar-refractivity contribution in [3.8, 4) is 0 Å². The quantitative estimate of drug-likeness (QED) is 0.654. The van der Waals surface area contributed by atoms with Crippen molar-refractivity contribution < 1.29 is 19.4 Å². The minimum Gasteiger partial charge on any atom is -0.478 e. The van der Waals surface area contributed by atoms with Gasteiger partial charge in [-0.25, -0.2) is 4.79 Å². The monoisotopic (exact) mass is 261 g/mol. The van der Waals surface area contributed by atoms with E-state index in [1.54, 1.807) is 12.1 Å². The highest BCUT2D eigenvalue weighted by Crippen LogP contribution is 2.17. The zero-order valence-electron chi connectivity index (χ0n) is 10.4. The van der Waals surface area contributed by atoms with Gasteiger partial charge < -0.3 is 14.7 Å². The molecule has 1 aromatic rings. The topological polar surface area (TPSA) is 66.8 Å². The molecule has 0 amide bonds. The van der Waals surface area contributed by atoms with E-state index in [0.29, 0.717) is 18.8 Å². The molecule has 0 bridgehead atoms. The van der Waals surface area contributed by atoms with Crippen LogP contribution in [0.5, 0.6) is 0 Å². The van der Waals surface area contributed by atoms with Gasteiger partial charge in [0.15, 0.2) is 5.78 Å². The van der Waals surface area contributed by atoms with Crippen LogP contribution < -0.4 is 4.90 Å². The molecule has 1 aliphatic rings. The van der Waals surface area contributed by atoms with Crippen LogP contribution in [0, 0.1) is 0 Å². The van der Waals surface area contributed by atoms with Gasteiger partial charge in [0.1, 0.15) is 0 Å². The lowest BCUT2D eigenvalue weighted by Gasteiger charge is -2.28. The smallest absolute Gasteiger partial charge is 0.328 e. The van der Waals surface area contributed by atoms with Crippen LogP contribution in [-0.2, 0) is 9.53 Å². The Bertz CT molecular complexity index is 487. The van der Waals surface area contributed by atoms with Crippen molar-refractivity contribution in [1.29, 1.82) is 0 Å². The lowest BCUT2D eigenvalue weighted by atomic mass is 10.1. The van der Waals surface area contributed by atoms with Crippen LogP contribution in [0.15, 0.2) is 36.4 Å². The minimum absolute atomic E-state index is 0.309. The molecule has 5 nitrogen and oxygen atoms in total. The molecule has 100 valence electrons. The molecule has 0 spiro atoms. The number of benzene rings is 1. The maximum Gasteiger partial charge on any atom is 0.328 e. The molecule has 5 heteroatoms. The van der Waals surface area contributed by atoms with Gasteiger partial charge in [-0.2, -0.15) is 0 Å². The molecular formula is C14H15NO4. The highest BCUT2D eigenvalue weighted by molar-refractivity contribution is 6.06. The number of rotatable bonds is 4. The Hall–Kier alpha value is -2.14. The summed E-state index contributed by atoms with van der Waals surface area (Å²) >= 11 is 0. The van der Waals surface area contributed by atoms with Gasteiger partial charge in [0.2, 0.25) is 0 Å². The zero-order chi connectivity index (χ0) is 13.7. The number of anilines is 1. The van der Waals surface area contributed by atoms with Gasteiger partial charge in [-0.1, -0.05) is 0 Å². The molecule has 0 aliphatic carbocycles. The lowest BCUT2D eigenvalue weighted by Crippen LogP contribution is -2.36. The fraction of sp³-hybridized carbons (Fsp3) is 0.286. The number of hydrogen-bond acceptors (Lipinski definition) is 4. The number of carboxylic acid groups (broad SMARTS) is 1. The molecule has 1 aliphatic heterocycles. The van der Waals surface area contributed by atoms with Crippen LogP contribution in [0.3, 0.4) is 0 Å². The van der Waals surface area contributed by atoms with Gasteiger partial charge in [-0.3, -0.25) is 4.79 Å². The molecule has 0 aromatic heterocycles. The number of morpholine rings is 1. The zero-order valence-corrected chi connectivity index (χ0v) is 10.4. The second-order valence-electron chi connectivity index (χ2n) is 4.18. The van der Waals surface area contributed by atoms with Gasteiger partial charge in [-0.15, -0.1) is 0 Å². The van der Waals surface area contributed by atoms with Crippen molar-refractivity contribution in [3.05, 3.63) is 42.0 Å². The summed E-state index contributed by atoms with van der Waals surface area (Å²) in [4.78, 5) is 24.2. The summed E-state index contributed by atoms with van der Waals surface area (Å²) in [5.74, 6) is -1.44. The summed E-state index contributed by atoms with van der Waals surface area (Å²) in [7, 11) is 0. The first-order valence-corrected chi connectivity index (χ1v) is 6.05. The molecule has 1 fully saturated rings. The van der Waals surface area contributed by atoms with E-state index in [2.05, 4.69) is 4.90 Å². The summed E-state index contributed by atoms with van der Waals surface area (Å²) in [5, 5.41) is 8.47. The maximum atomic E-state index is 11.7. The molecule has 0 saturated carbocycles. The fourth-order valence-corrected chi connectivity index (χ4v) is 1.90. The molecule has 1 aromatic carbocycles. The van der Waals surface area contributed by atoms with Crippen molar-refractivity contribution >= 4 is 17.4 Å². The average molecular weight is 261 g/mol. The highest BCUT2D eigenvalue weighted by Gasteiger charge is 2.11. The predicted molar refractivity (Wildman–Crippen MR) is 70.6 cm³/mol. The first kappa shape index (κ1) is 13.3. The molecule has 19 heavy (non-hydrogen) atoms. The van der Waals surface area contributed by atoms with Gasteiger partial charge >= 0.3 is 5.97 Å². The van der Waals surface area contributed by atoms with E-state index in [9.17, 15) is 9.59 Å². The van der Waals surface area contributed by atoms with E-state index >= 15 is 0 Å². The average Bonchev–Trinajstić information content (AvgIpc) is 2.46. The Labute approximate surface area is 111 Å². The largest absolute Gasteiger partial charge is 0.478 e. The highest BCUT2D eigenvalue weighted by atomic mass is 16.5. The number of ketones is 1. The summed E-state index contributed by atoms with van der Waals surface area (Å²) in [6.07, 6.45) is 1.91. The predicted octanol–water partition coefficient (Wildman–Crippen LogP) is 1.35. The third kappa shape index (κ3) is 3.66. The van der Waals surface area contributed by atoms with Crippen LogP contribution in [0.2, 0.25) is 0 Å². The Morgan fingerprint density at radius 1 is 1.11 bits per heavy atom. The SMILES string of the molecule is O=C(O)/C=C/C(=O)c1ccc(N2CCOCC2)cc1. The lowest BCUT2D eigenvalue weighted by molar-refractivity contribution is -0.131. The number of carboxylic acids is 1. The number of nitrogens with zero attached hydrogens (tertiary/aromatic N) is 1. The van der Waals surface area contributed by atoms with Gasteiger partial charge in [-0.05, 0) is 30.3 Å². The number of aliphatic carboxylic acids is 1. The summed E-state index contributed by atoms with van der Waals surface area (Å²) in [5.41, 5.74) is 1.52. The van der Waals surface area contributed by atoms with Crippen LogP contribution in [0.1, 0.15) is 10.4 Å². The Morgan fingerprint density at radius 3 is 2.32 bits per heavy atom. The number of allylic oxidation sites excluding steroid dienone is 1. The first-order valence-electron chi connectivity index (χ1n) is 6.05. The van der Waals surface area contributed by atoms with E-state index in [-0.39, 0.29) is 5.78 Å². The van der Waals surface area contributed by atoms with Crippen LogP contribution in [-0.4, -0.2) is 43.2 Å². The molecular weight excluding hydrogens is 246 g/mol. The van der Waals surface area contributed by atoms with E-state index in [1.807, 2.05) is 12.1 Å². The van der Waals surface area contributed by atoms with Crippen molar-refractivity contribution in [2.45, 2.75) is 0 Å². The minimum atomic E-state index is -1.13. The van der Waals surface area contributed by atoms with Crippen LogP contribution in [0.25, 0.3) is 0 Å². The number of ether oxygens (including phenoxy) is 1. The fourth-order valence-electron chi connectivity index (χ4n) is 1.90. The third-order valence-corrected chi connectivity index (χ3v) is 2.91. The number of hydrogen-bond donors (Lipinski definition) is 1. The van der Waals surface area contributed by atoms with E-state index < -0.39 is 5.97 Å². The maximum absolute atomic E-state index is 11.7. The standard InChI is InChI=1S/C14H15NO4/c16-13(5-6-14(17)18)11-1-3-12(4-2-11)15-7-9-19-10-8-15/h1-6H,7-10H2,(H,17,18)/b6-5+. The molecule has 0 atom stereocenters. The van der Waals surface area contributed by atoms with Gasteiger partial charge in [0, 0.05) is 30.4 Å². The molecule has 1 heterocycles. The van der Waals surface area contributed by atoms with Crippen molar-refractivity contribution in [2.24, 2.45) is 0 Å². The van der Waals surface area contributed by atoms with E-state index in [1.165, 1.54) is 0 Å². The van der Waals surface area contributed by atoms with Crippen LogP contribution in [0.4, 0.5) is 5.69 Å². The molecule has 0 radical (unpaired) electrons. The number of carbonyl (C=O) groups is 2. The van der Waals surface area contributed by atoms with Gasteiger partial charge in [0.05, 0.1) is 13.2 Å².